The maximum Gasteiger partial charge on any atom is 0.165 e. The van der Waals surface area contributed by atoms with Crippen molar-refractivity contribution in [3.05, 3.63) is 70.8 Å². The summed E-state index contributed by atoms with van der Waals surface area (Å²) in [5, 5.41) is 0.666. The molecule has 0 aliphatic heterocycles. The molecule has 2 rings (SSSR count). The first-order chi connectivity index (χ1) is 11.2. The second-order valence-electron chi connectivity index (χ2n) is 4.97. The molecular weight excluding hydrogens is 312 g/mol. The molecule has 0 N–H and O–H groups in total. The molecule has 0 heterocycles. The Morgan fingerprint density at radius 2 is 2.04 bits per heavy atom. The molecule has 0 aromatic heterocycles. The van der Waals surface area contributed by atoms with Gasteiger partial charge >= 0.3 is 0 Å². The average molecular weight is 331 g/mol. The molecular formula is C19H19ClO3. The van der Waals surface area contributed by atoms with Crippen LogP contribution in [0.2, 0.25) is 5.02 Å². The lowest BCUT2D eigenvalue weighted by atomic mass is 10.1. The van der Waals surface area contributed by atoms with E-state index in [1.165, 1.54) is 0 Å². The zero-order valence-electron chi connectivity index (χ0n) is 13.0. The smallest absolute Gasteiger partial charge is 0.165 e. The van der Waals surface area contributed by atoms with Gasteiger partial charge in [-0.15, -0.1) is 6.58 Å². The van der Waals surface area contributed by atoms with Crippen molar-refractivity contribution in [3.63, 3.8) is 0 Å². The van der Waals surface area contributed by atoms with E-state index in [4.69, 9.17) is 21.1 Å². The summed E-state index contributed by atoms with van der Waals surface area (Å²) in [5.74, 6) is 1.20. The summed E-state index contributed by atoms with van der Waals surface area (Å²) >= 11 is 6.00. The Kier molecular flexibility index (Phi) is 6.24. The number of hydrogen-bond donors (Lipinski definition) is 0. The van der Waals surface area contributed by atoms with E-state index in [2.05, 4.69) is 6.58 Å². The number of ether oxygens (including phenoxy) is 2. The molecule has 120 valence electrons. The molecule has 0 aliphatic rings. The van der Waals surface area contributed by atoms with Crippen LogP contribution in [0.5, 0.6) is 11.5 Å². The van der Waals surface area contributed by atoms with Crippen LogP contribution in [0.1, 0.15) is 28.4 Å². The summed E-state index contributed by atoms with van der Waals surface area (Å²) in [6, 6.07) is 11.0. The number of hydrogen-bond acceptors (Lipinski definition) is 3. The highest BCUT2D eigenvalue weighted by Gasteiger charge is 2.13. The Labute approximate surface area is 141 Å². The largest absolute Gasteiger partial charge is 0.490 e. The molecule has 4 heteroatoms. The van der Waals surface area contributed by atoms with E-state index in [9.17, 15) is 4.79 Å². The molecule has 3 nitrogen and oxygen atoms in total. The molecule has 0 aliphatic carbocycles. The number of benzene rings is 2. The van der Waals surface area contributed by atoms with Crippen LogP contribution < -0.4 is 9.47 Å². The molecule has 2 aromatic carbocycles. The number of aldehydes is 1. The van der Waals surface area contributed by atoms with Crippen LogP contribution in [-0.4, -0.2) is 12.9 Å². The predicted molar refractivity (Wildman–Crippen MR) is 92.7 cm³/mol. The quantitative estimate of drug-likeness (QED) is 0.512. The summed E-state index contributed by atoms with van der Waals surface area (Å²) in [5.41, 5.74) is 2.39. The molecule has 0 saturated heterocycles. The zero-order valence-corrected chi connectivity index (χ0v) is 13.8. The van der Waals surface area contributed by atoms with Gasteiger partial charge in [0.15, 0.2) is 11.5 Å². The summed E-state index contributed by atoms with van der Waals surface area (Å²) in [6.07, 6.45) is 3.16. The second-order valence-corrected chi connectivity index (χ2v) is 5.41. The summed E-state index contributed by atoms with van der Waals surface area (Å²) in [7, 11) is 0. The molecule has 2 aromatic rings. The number of allylic oxidation sites excluding steroid dienone is 1. The lowest BCUT2D eigenvalue weighted by molar-refractivity contribution is 0.112. The molecule has 0 fully saturated rings. The van der Waals surface area contributed by atoms with Crippen molar-refractivity contribution in [1.82, 2.24) is 0 Å². The van der Waals surface area contributed by atoms with Crippen molar-refractivity contribution in [3.8, 4) is 11.5 Å². The third kappa shape index (κ3) is 4.60. The molecule has 0 spiro atoms. The van der Waals surface area contributed by atoms with Gasteiger partial charge in [-0.2, -0.15) is 0 Å². The van der Waals surface area contributed by atoms with Gasteiger partial charge in [0, 0.05) is 16.1 Å². The summed E-state index contributed by atoms with van der Waals surface area (Å²) < 4.78 is 11.6. The fourth-order valence-electron chi connectivity index (χ4n) is 2.27. The van der Waals surface area contributed by atoms with Gasteiger partial charge in [0.05, 0.1) is 6.61 Å². The minimum Gasteiger partial charge on any atom is -0.490 e. The third-order valence-corrected chi connectivity index (χ3v) is 3.46. The van der Waals surface area contributed by atoms with E-state index >= 15 is 0 Å². The van der Waals surface area contributed by atoms with Crippen molar-refractivity contribution >= 4 is 17.9 Å². The average Bonchev–Trinajstić information content (AvgIpc) is 2.54. The number of rotatable bonds is 8. The molecule has 0 amide bonds. The Balaban J connectivity index is 2.33. The molecule has 0 saturated carbocycles. The van der Waals surface area contributed by atoms with Gasteiger partial charge in [-0.25, -0.2) is 0 Å². The van der Waals surface area contributed by atoms with Gasteiger partial charge in [0.2, 0.25) is 0 Å². The van der Waals surface area contributed by atoms with Crippen molar-refractivity contribution in [2.45, 2.75) is 20.0 Å². The van der Waals surface area contributed by atoms with Crippen molar-refractivity contribution in [2.24, 2.45) is 0 Å². The Morgan fingerprint density at radius 1 is 1.22 bits per heavy atom. The van der Waals surface area contributed by atoms with E-state index in [0.29, 0.717) is 41.7 Å². The van der Waals surface area contributed by atoms with Crippen LogP contribution in [-0.2, 0) is 13.0 Å². The first kappa shape index (κ1) is 17.1. The van der Waals surface area contributed by atoms with Crippen LogP contribution in [0.3, 0.4) is 0 Å². The normalized spacial score (nSPS) is 10.2. The van der Waals surface area contributed by atoms with Crippen molar-refractivity contribution in [2.75, 3.05) is 6.61 Å². The Hall–Kier alpha value is -2.26. The van der Waals surface area contributed by atoms with E-state index in [1.54, 1.807) is 18.2 Å². The van der Waals surface area contributed by atoms with Gasteiger partial charge in [-0.1, -0.05) is 29.8 Å². The van der Waals surface area contributed by atoms with E-state index in [0.717, 1.165) is 17.4 Å². The van der Waals surface area contributed by atoms with Crippen molar-refractivity contribution < 1.29 is 14.3 Å². The standard InChI is InChI=1S/C19H19ClO3/c1-3-6-16-9-15(12-21)11-18(22-4-2)19(16)23-13-14-7-5-8-17(20)10-14/h3,5,7-12H,1,4,6,13H2,2H3. The van der Waals surface area contributed by atoms with Gasteiger partial charge < -0.3 is 9.47 Å². The third-order valence-electron chi connectivity index (χ3n) is 3.23. The monoisotopic (exact) mass is 330 g/mol. The first-order valence-corrected chi connectivity index (χ1v) is 7.78. The second kappa shape index (κ2) is 8.39. The minimum absolute atomic E-state index is 0.366. The first-order valence-electron chi connectivity index (χ1n) is 7.41. The van der Waals surface area contributed by atoms with Gasteiger partial charge in [-0.05, 0) is 43.2 Å². The highest BCUT2D eigenvalue weighted by molar-refractivity contribution is 6.30. The van der Waals surface area contributed by atoms with Gasteiger partial charge in [-0.3, -0.25) is 4.79 Å². The fraction of sp³-hybridized carbons (Fsp3) is 0.211. The maximum atomic E-state index is 11.1. The molecule has 0 atom stereocenters. The molecule has 0 unspecified atom stereocenters. The van der Waals surface area contributed by atoms with Crippen molar-refractivity contribution in [1.29, 1.82) is 0 Å². The minimum atomic E-state index is 0.366. The molecule has 0 bridgehead atoms. The fourth-order valence-corrected chi connectivity index (χ4v) is 2.48. The van der Waals surface area contributed by atoms with Crippen LogP contribution >= 0.6 is 11.6 Å². The lowest BCUT2D eigenvalue weighted by Crippen LogP contribution is -2.04. The topological polar surface area (TPSA) is 35.5 Å². The van der Waals surface area contributed by atoms with Gasteiger partial charge in [0.25, 0.3) is 0 Å². The van der Waals surface area contributed by atoms with Crippen LogP contribution in [0.25, 0.3) is 0 Å². The lowest BCUT2D eigenvalue weighted by Gasteiger charge is -2.16. The highest BCUT2D eigenvalue weighted by Crippen LogP contribution is 2.34. The van der Waals surface area contributed by atoms with E-state index < -0.39 is 0 Å². The highest BCUT2D eigenvalue weighted by atomic mass is 35.5. The van der Waals surface area contributed by atoms with Crippen LogP contribution in [0.4, 0.5) is 0 Å². The van der Waals surface area contributed by atoms with Crippen LogP contribution in [0, 0.1) is 0 Å². The Bertz CT molecular complexity index is 695. The maximum absolute atomic E-state index is 11.1. The summed E-state index contributed by atoms with van der Waals surface area (Å²) in [4.78, 5) is 11.1. The number of halogens is 1. The predicted octanol–water partition coefficient (Wildman–Crippen LogP) is 4.86. The number of carbonyl (C=O) groups excluding carboxylic acids is 1. The number of carbonyl (C=O) groups is 1. The SMILES string of the molecule is C=CCc1cc(C=O)cc(OCC)c1OCc1cccc(Cl)c1. The zero-order chi connectivity index (χ0) is 16.7. The Morgan fingerprint density at radius 3 is 2.70 bits per heavy atom. The molecule has 0 radical (unpaired) electrons. The van der Waals surface area contributed by atoms with Gasteiger partial charge in [0.1, 0.15) is 12.9 Å². The van der Waals surface area contributed by atoms with Crippen LogP contribution in [0.15, 0.2) is 49.1 Å². The summed E-state index contributed by atoms with van der Waals surface area (Å²) in [6.45, 7) is 6.50. The van der Waals surface area contributed by atoms with E-state index in [-0.39, 0.29) is 0 Å². The van der Waals surface area contributed by atoms with E-state index in [1.807, 2.05) is 31.2 Å². The molecule has 23 heavy (non-hydrogen) atoms.